The first-order valence-corrected chi connectivity index (χ1v) is 8.77. The highest BCUT2D eigenvalue weighted by atomic mass is 32.2. The third kappa shape index (κ3) is 3.95. The van der Waals surface area contributed by atoms with Crippen LogP contribution in [0.1, 0.15) is 25.7 Å². The van der Waals surface area contributed by atoms with E-state index in [4.69, 9.17) is 0 Å². The summed E-state index contributed by atoms with van der Waals surface area (Å²) in [5.41, 5.74) is -2.90. The molecule has 0 amide bonds. The minimum Gasteiger partial charge on any atom is -0.467 e. The van der Waals surface area contributed by atoms with E-state index in [1.165, 1.54) is 0 Å². The maximum absolute atomic E-state index is 13.9. The van der Waals surface area contributed by atoms with Gasteiger partial charge in [-0.05, 0) is 19.3 Å². The molecule has 1 aliphatic carbocycles. The number of ether oxygens (including phenoxy) is 1. The van der Waals surface area contributed by atoms with Crippen LogP contribution >= 0.6 is 0 Å². The van der Waals surface area contributed by atoms with Crippen molar-refractivity contribution < 1.29 is 31.1 Å². The van der Waals surface area contributed by atoms with E-state index in [0.29, 0.717) is 31.1 Å². The zero-order chi connectivity index (χ0) is 17.9. The van der Waals surface area contributed by atoms with Gasteiger partial charge >= 0.3 is 12.1 Å². The Balaban J connectivity index is 3.59. The molecule has 0 N–H and O–H groups in total. The van der Waals surface area contributed by atoms with E-state index in [-0.39, 0.29) is 4.31 Å². The first kappa shape index (κ1) is 19.7. The number of allylic oxidation sites excluding steroid dienone is 1. The van der Waals surface area contributed by atoms with Crippen molar-refractivity contribution in [3.8, 4) is 0 Å². The molecule has 0 aromatic heterocycles. The van der Waals surface area contributed by atoms with Crippen LogP contribution < -0.4 is 0 Å². The molecule has 0 bridgehead atoms. The molecule has 1 aliphatic rings. The third-order valence-corrected chi connectivity index (χ3v) is 4.99. The Morgan fingerprint density at radius 1 is 1.48 bits per heavy atom. The Labute approximate surface area is 133 Å². The molecule has 132 valence electrons. The van der Waals surface area contributed by atoms with Gasteiger partial charge in [-0.1, -0.05) is 17.7 Å². The Morgan fingerprint density at radius 2 is 2.09 bits per heavy atom. The van der Waals surface area contributed by atoms with Gasteiger partial charge in [-0.2, -0.15) is 17.5 Å². The molecule has 1 unspecified atom stereocenters. The summed E-state index contributed by atoms with van der Waals surface area (Å²) in [5, 5.41) is 0. The van der Waals surface area contributed by atoms with Crippen molar-refractivity contribution in [2.24, 2.45) is 0 Å². The van der Waals surface area contributed by atoms with Gasteiger partial charge in [0.1, 0.15) is 0 Å². The van der Waals surface area contributed by atoms with Crippen molar-refractivity contribution in [3.63, 3.8) is 0 Å². The summed E-state index contributed by atoms with van der Waals surface area (Å²) in [6.45, 7) is 2.63. The van der Waals surface area contributed by atoms with Gasteiger partial charge in [-0.3, -0.25) is 0 Å². The van der Waals surface area contributed by atoms with Crippen molar-refractivity contribution in [1.82, 2.24) is 4.31 Å². The molecular formula is C14H20F3NO4S. The lowest BCUT2D eigenvalue weighted by Gasteiger charge is -2.40. The summed E-state index contributed by atoms with van der Waals surface area (Å²) in [6, 6.07) is 0. The van der Waals surface area contributed by atoms with Crippen LogP contribution in [0.2, 0.25) is 0 Å². The molecule has 0 radical (unpaired) electrons. The van der Waals surface area contributed by atoms with E-state index >= 15 is 0 Å². The number of sulfonamides is 1. The second-order valence-electron chi connectivity index (χ2n) is 5.36. The molecule has 0 aromatic rings. The maximum atomic E-state index is 13.9. The number of carbonyl (C=O) groups is 1. The second-order valence-corrected chi connectivity index (χ2v) is 7.27. The summed E-state index contributed by atoms with van der Waals surface area (Å²) >= 11 is 0. The van der Waals surface area contributed by atoms with E-state index in [1.54, 1.807) is 6.08 Å². The van der Waals surface area contributed by atoms with Gasteiger partial charge in [-0.25, -0.2) is 13.2 Å². The molecule has 0 saturated carbocycles. The largest absolute Gasteiger partial charge is 0.467 e. The van der Waals surface area contributed by atoms with Crippen molar-refractivity contribution in [2.75, 3.05) is 19.9 Å². The average molecular weight is 355 g/mol. The summed E-state index contributed by atoms with van der Waals surface area (Å²) in [5.74, 6) is -1.65. The molecule has 0 aliphatic heterocycles. The number of carbonyl (C=O) groups excluding carboxylic acids is 1. The van der Waals surface area contributed by atoms with Gasteiger partial charge in [0.05, 0.1) is 13.4 Å². The highest BCUT2D eigenvalue weighted by molar-refractivity contribution is 7.88. The van der Waals surface area contributed by atoms with Crippen LogP contribution in [0.5, 0.6) is 0 Å². The molecule has 23 heavy (non-hydrogen) atoms. The second kappa shape index (κ2) is 7.04. The Kier molecular flexibility index (Phi) is 6.03. The van der Waals surface area contributed by atoms with Crippen molar-refractivity contribution in [1.29, 1.82) is 0 Å². The van der Waals surface area contributed by atoms with Crippen LogP contribution in [0.3, 0.4) is 0 Å². The highest BCUT2D eigenvalue weighted by Crippen LogP contribution is 2.44. The minimum atomic E-state index is -5.14. The van der Waals surface area contributed by atoms with E-state index in [9.17, 15) is 26.4 Å². The summed E-state index contributed by atoms with van der Waals surface area (Å²) in [4.78, 5) is 12.1. The molecule has 0 aromatic carbocycles. The quantitative estimate of drug-likeness (QED) is 0.520. The maximum Gasteiger partial charge on any atom is 0.418 e. The van der Waals surface area contributed by atoms with Crippen LogP contribution in [-0.2, 0) is 19.6 Å². The number of nitrogens with zero attached hydrogens (tertiary/aromatic N) is 1. The summed E-state index contributed by atoms with van der Waals surface area (Å²) in [6.07, 6.45) is -1.01. The number of rotatable bonds is 7. The number of alkyl halides is 3. The standard InChI is InChI=1S/C14H20F3NO4S/c1-4-9-18(23(3,20)21)13(12(19)22-2,14(15,16)17)10-11-7-5-6-8-11/h4,7H,1,5-6,8-10H2,2-3H3. The zero-order valence-electron chi connectivity index (χ0n) is 13.0. The molecule has 1 atom stereocenters. The smallest absolute Gasteiger partial charge is 0.418 e. The average Bonchev–Trinajstić information content (AvgIpc) is 2.92. The van der Waals surface area contributed by atoms with Gasteiger partial charge in [0.25, 0.3) is 0 Å². The Hall–Kier alpha value is -1.35. The first-order chi connectivity index (χ1) is 10.5. The lowest BCUT2D eigenvalue weighted by Crippen LogP contribution is -2.65. The lowest BCUT2D eigenvalue weighted by atomic mass is 9.89. The Morgan fingerprint density at radius 3 is 2.43 bits per heavy atom. The highest BCUT2D eigenvalue weighted by Gasteiger charge is 2.67. The third-order valence-electron chi connectivity index (χ3n) is 3.73. The van der Waals surface area contributed by atoms with Crippen molar-refractivity contribution in [3.05, 3.63) is 24.3 Å². The van der Waals surface area contributed by atoms with Crippen LogP contribution in [-0.4, -0.2) is 50.3 Å². The number of esters is 1. The monoisotopic (exact) mass is 355 g/mol. The predicted molar refractivity (Wildman–Crippen MR) is 79.1 cm³/mol. The van der Waals surface area contributed by atoms with E-state index < -0.39 is 40.7 Å². The predicted octanol–water partition coefficient (Wildman–Crippen LogP) is 2.41. The van der Waals surface area contributed by atoms with Crippen molar-refractivity contribution in [2.45, 2.75) is 37.4 Å². The topological polar surface area (TPSA) is 63.7 Å². The molecule has 5 nitrogen and oxygen atoms in total. The fourth-order valence-corrected chi connectivity index (χ4v) is 3.89. The molecule has 0 spiro atoms. The van der Waals surface area contributed by atoms with E-state index in [1.807, 2.05) is 0 Å². The van der Waals surface area contributed by atoms with Gasteiger partial charge < -0.3 is 4.74 Å². The van der Waals surface area contributed by atoms with Crippen LogP contribution in [0.15, 0.2) is 24.3 Å². The van der Waals surface area contributed by atoms with Crippen molar-refractivity contribution >= 4 is 16.0 Å². The summed E-state index contributed by atoms with van der Waals surface area (Å²) < 4.78 is 70.1. The molecule has 1 rings (SSSR count). The van der Waals surface area contributed by atoms with E-state index in [2.05, 4.69) is 11.3 Å². The fraction of sp³-hybridized carbons (Fsp3) is 0.643. The summed E-state index contributed by atoms with van der Waals surface area (Å²) in [7, 11) is -3.54. The molecule has 0 heterocycles. The van der Waals surface area contributed by atoms with Crippen LogP contribution in [0.4, 0.5) is 13.2 Å². The van der Waals surface area contributed by atoms with Gasteiger partial charge in [0.15, 0.2) is 0 Å². The number of hydrogen-bond acceptors (Lipinski definition) is 4. The fourth-order valence-electron chi connectivity index (χ4n) is 2.71. The SMILES string of the molecule is C=CCN(C(CC1=CCCC1)(C(=O)OC)C(F)(F)F)S(C)(=O)=O. The van der Waals surface area contributed by atoms with Crippen LogP contribution in [0, 0.1) is 0 Å². The number of hydrogen-bond donors (Lipinski definition) is 0. The molecule has 9 heteroatoms. The number of halogens is 3. The van der Waals surface area contributed by atoms with E-state index in [0.717, 1.165) is 13.2 Å². The lowest BCUT2D eigenvalue weighted by molar-refractivity contribution is -0.226. The normalized spacial score (nSPS) is 18.4. The Bertz CT molecular complexity index is 598. The van der Waals surface area contributed by atoms with Crippen LogP contribution in [0.25, 0.3) is 0 Å². The number of methoxy groups -OCH3 is 1. The molecule has 0 saturated heterocycles. The zero-order valence-corrected chi connectivity index (χ0v) is 13.8. The first-order valence-electron chi connectivity index (χ1n) is 6.92. The van der Waals surface area contributed by atoms with Gasteiger partial charge in [0.2, 0.25) is 15.6 Å². The van der Waals surface area contributed by atoms with Gasteiger partial charge in [-0.15, -0.1) is 6.58 Å². The molecular weight excluding hydrogens is 335 g/mol. The minimum absolute atomic E-state index is 0.123. The molecule has 0 fully saturated rings. The van der Waals surface area contributed by atoms with Gasteiger partial charge in [0, 0.05) is 13.0 Å².